The molecule has 236 valence electrons. The zero-order valence-electron chi connectivity index (χ0n) is 26.2. The summed E-state index contributed by atoms with van der Waals surface area (Å²) in [4.78, 5) is 26.0. The van der Waals surface area contributed by atoms with Crippen LogP contribution in [0, 0.1) is 0 Å². The average molecular weight is 618 g/mol. The van der Waals surface area contributed by atoms with Crippen LogP contribution in [0.5, 0.6) is 5.75 Å². The molecule has 1 amide bonds. The first kappa shape index (κ1) is 29.7. The van der Waals surface area contributed by atoms with E-state index in [4.69, 9.17) is 9.72 Å². The number of carbonyl (C=O) groups is 1. The van der Waals surface area contributed by atoms with Crippen LogP contribution in [0.3, 0.4) is 0 Å². The quantitative estimate of drug-likeness (QED) is 0.239. The van der Waals surface area contributed by atoms with Crippen LogP contribution in [-0.2, 0) is 5.41 Å². The molecule has 0 unspecified atom stereocenters. The Kier molecular flexibility index (Phi) is 8.23. The Morgan fingerprint density at radius 3 is 2.65 bits per heavy atom. The van der Waals surface area contributed by atoms with Crippen molar-refractivity contribution in [2.75, 3.05) is 57.8 Å². The maximum absolute atomic E-state index is 14.1. The van der Waals surface area contributed by atoms with Crippen LogP contribution in [0.4, 0.5) is 5.95 Å². The van der Waals surface area contributed by atoms with Crippen molar-refractivity contribution in [3.8, 4) is 11.4 Å². The molecule has 0 N–H and O–H groups in total. The van der Waals surface area contributed by atoms with E-state index in [9.17, 15) is 4.79 Å². The summed E-state index contributed by atoms with van der Waals surface area (Å²) in [5, 5.41) is 11.5. The van der Waals surface area contributed by atoms with Crippen molar-refractivity contribution in [1.29, 1.82) is 0 Å². The first-order valence-electron chi connectivity index (χ1n) is 15.9. The Hall–Kier alpha value is -5.03. The van der Waals surface area contributed by atoms with Crippen molar-refractivity contribution in [3.63, 3.8) is 0 Å². The van der Waals surface area contributed by atoms with E-state index in [1.165, 1.54) is 11.9 Å². The van der Waals surface area contributed by atoms with Crippen molar-refractivity contribution in [2.45, 2.75) is 24.7 Å². The van der Waals surface area contributed by atoms with Crippen LogP contribution in [0.25, 0.3) is 22.9 Å². The van der Waals surface area contributed by atoms with E-state index in [0.717, 1.165) is 69.0 Å². The molecule has 0 bridgehead atoms. The SMILES string of the molecule is C=Cn1c(N2CCCN(CC[C@]3(c4ccccc4)CCN(C(=O)c4cc(-n5cnnn5)ccc4OC)C3)CC2)nc2ccccc21. The zero-order chi connectivity index (χ0) is 31.5. The van der Waals surface area contributed by atoms with E-state index >= 15 is 0 Å². The summed E-state index contributed by atoms with van der Waals surface area (Å²) >= 11 is 0. The molecule has 46 heavy (non-hydrogen) atoms. The molecule has 0 radical (unpaired) electrons. The maximum atomic E-state index is 14.1. The van der Waals surface area contributed by atoms with E-state index in [0.29, 0.717) is 30.1 Å². The van der Waals surface area contributed by atoms with Crippen molar-refractivity contribution in [2.24, 2.45) is 0 Å². The Morgan fingerprint density at radius 2 is 1.85 bits per heavy atom. The third-order valence-electron chi connectivity index (χ3n) is 9.59. The summed E-state index contributed by atoms with van der Waals surface area (Å²) in [6.45, 7) is 10.2. The third kappa shape index (κ3) is 5.62. The molecule has 7 rings (SSSR count). The van der Waals surface area contributed by atoms with Gasteiger partial charge in [0.1, 0.15) is 12.1 Å². The van der Waals surface area contributed by atoms with Crippen LogP contribution >= 0.6 is 0 Å². The number of methoxy groups -OCH3 is 1. The molecule has 3 aromatic carbocycles. The highest BCUT2D eigenvalue weighted by atomic mass is 16.5. The van der Waals surface area contributed by atoms with E-state index in [1.54, 1.807) is 17.9 Å². The van der Waals surface area contributed by atoms with Crippen molar-refractivity contribution in [3.05, 3.63) is 96.8 Å². The minimum Gasteiger partial charge on any atom is -0.496 e. The highest BCUT2D eigenvalue weighted by Crippen LogP contribution is 2.39. The lowest BCUT2D eigenvalue weighted by molar-refractivity contribution is 0.0777. The van der Waals surface area contributed by atoms with Crippen LogP contribution in [-0.4, -0.2) is 98.4 Å². The molecule has 11 nitrogen and oxygen atoms in total. The van der Waals surface area contributed by atoms with E-state index < -0.39 is 0 Å². The summed E-state index contributed by atoms with van der Waals surface area (Å²) in [5.74, 6) is 1.46. The van der Waals surface area contributed by atoms with Gasteiger partial charge in [0.25, 0.3) is 5.91 Å². The number of aromatic nitrogens is 6. The smallest absolute Gasteiger partial charge is 0.257 e. The molecule has 1 atom stereocenters. The third-order valence-corrected chi connectivity index (χ3v) is 9.59. The van der Waals surface area contributed by atoms with E-state index in [-0.39, 0.29) is 11.3 Å². The number of amides is 1. The minimum absolute atomic E-state index is 0.0416. The second kappa shape index (κ2) is 12.8. The number of para-hydroxylation sites is 2. The summed E-state index contributed by atoms with van der Waals surface area (Å²) in [6.07, 6.45) is 6.31. The van der Waals surface area contributed by atoms with E-state index in [2.05, 4.69) is 78.9 Å². The molecule has 2 fully saturated rings. The lowest BCUT2D eigenvalue weighted by Crippen LogP contribution is -2.39. The average Bonchev–Trinajstić information content (AvgIpc) is 3.84. The number of benzene rings is 3. The molecule has 2 aromatic heterocycles. The Balaban J connectivity index is 1.07. The number of tetrazole rings is 1. The van der Waals surface area contributed by atoms with Crippen molar-refractivity contribution < 1.29 is 9.53 Å². The molecule has 11 heteroatoms. The van der Waals surface area contributed by atoms with Crippen LogP contribution < -0.4 is 9.64 Å². The topological polar surface area (TPSA) is 97.4 Å². The predicted molar refractivity (Wildman–Crippen MR) is 178 cm³/mol. The highest BCUT2D eigenvalue weighted by Gasteiger charge is 2.42. The number of anilines is 1. The minimum atomic E-state index is -0.138. The molecule has 2 aliphatic heterocycles. The number of imidazole rings is 1. The van der Waals surface area contributed by atoms with Gasteiger partial charge in [-0.25, -0.2) is 9.67 Å². The monoisotopic (exact) mass is 617 g/mol. The Bertz CT molecular complexity index is 1820. The number of hydrogen-bond donors (Lipinski definition) is 0. The van der Waals surface area contributed by atoms with Gasteiger partial charge in [0, 0.05) is 44.3 Å². The van der Waals surface area contributed by atoms with Gasteiger partial charge in [-0.3, -0.25) is 9.36 Å². The van der Waals surface area contributed by atoms with Gasteiger partial charge in [-0.15, -0.1) is 5.10 Å². The maximum Gasteiger partial charge on any atom is 0.257 e. The molecule has 0 saturated carbocycles. The summed E-state index contributed by atoms with van der Waals surface area (Å²) < 4.78 is 9.27. The van der Waals surface area contributed by atoms with Crippen LogP contribution in [0.1, 0.15) is 35.2 Å². The zero-order valence-corrected chi connectivity index (χ0v) is 26.2. The normalized spacial score (nSPS) is 19.0. The van der Waals surface area contributed by atoms with Gasteiger partial charge in [0.2, 0.25) is 5.95 Å². The summed E-state index contributed by atoms with van der Waals surface area (Å²) in [7, 11) is 1.59. The van der Waals surface area contributed by atoms with Gasteiger partial charge >= 0.3 is 0 Å². The van der Waals surface area contributed by atoms with Gasteiger partial charge in [-0.2, -0.15) is 0 Å². The number of nitrogens with zero attached hydrogens (tertiary/aromatic N) is 9. The van der Waals surface area contributed by atoms with Gasteiger partial charge in [0.05, 0.1) is 29.4 Å². The van der Waals surface area contributed by atoms with E-state index in [1.807, 2.05) is 35.4 Å². The van der Waals surface area contributed by atoms with Gasteiger partial charge < -0.3 is 19.4 Å². The summed E-state index contributed by atoms with van der Waals surface area (Å²) in [5.41, 5.74) is 4.44. The lowest BCUT2D eigenvalue weighted by atomic mass is 9.76. The van der Waals surface area contributed by atoms with Gasteiger partial charge in [-0.05, 0) is 78.7 Å². The number of carbonyl (C=O) groups excluding carboxylic acids is 1. The standard InChI is InChI=1S/C35H39N9O2/c1-3-43-31-13-8-7-12-30(31)37-34(43)41-19-9-18-40(22-23-41)20-16-35(27-10-5-4-6-11-27)17-21-42(25-35)33(45)29-24-28(14-15-32(29)46-2)44-26-36-38-39-44/h3-8,10-15,24,26H,1,9,16-23,25H2,2H3/t35-/m0/s1. The van der Waals surface area contributed by atoms with Gasteiger partial charge in [-0.1, -0.05) is 49.0 Å². The first-order chi connectivity index (χ1) is 22.6. The number of ether oxygens (including phenoxy) is 1. The number of fused-ring (bicyclic) bond motifs is 1. The van der Waals surface area contributed by atoms with Gasteiger partial charge in [0.15, 0.2) is 0 Å². The molecule has 0 spiro atoms. The number of hydrogen-bond acceptors (Lipinski definition) is 8. The molecule has 2 saturated heterocycles. The fraction of sp³-hybridized carbons (Fsp3) is 0.343. The second-order valence-electron chi connectivity index (χ2n) is 12.1. The van der Waals surface area contributed by atoms with Crippen LogP contribution in [0.15, 0.2) is 85.7 Å². The molecule has 0 aliphatic carbocycles. The lowest BCUT2D eigenvalue weighted by Gasteiger charge is -2.33. The number of likely N-dealkylation sites (tertiary alicyclic amines) is 1. The Morgan fingerprint density at radius 1 is 1.00 bits per heavy atom. The second-order valence-corrected chi connectivity index (χ2v) is 12.1. The molecular formula is C35H39N9O2. The fourth-order valence-corrected chi connectivity index (χ4v) is 7.08. The largest absolute Gasteiger partial charge is 0.496 e. The summed E-state index contributed by atoms with van der Waals surface area (Å²) in [6, 6.07) is 24.4. The fourth-order valence-electron chi connectivity index (χ4n) is 7.08. The number of rotatable bonds is 9. The Labute approximate surface area is 268 Å². The molecule has 4 heterocycles. The highest BCUT2D eigenvalue weighted by molar-refractivity contribution is 5.98. The molecular weight excluding hydrogens is 578 g/mol. The molecule has 2 aliphatic rings. The van der Waals surface area contributed by atoms with Crippen LogP contribution in [0.2, 0.25) is 0 Å². The molecule has 5 aromatic rings. The predicted octanol–water partition coefficient (Wildman–Crippen LogP) is 4.51. The first-order valence-corrected chi connectivity index (χ1v) is 15.9. The van der Waals surface area contributed by atoms with Crippen molar-refractivity contribution in [1.82, 2.24) is 39.6 Å². The van der Waals surface area contributed by atoms with Crippen molar-refractivity contribution >= 4 is 29.1 Å².